The van der Waals surface area contributed by atoms with Gasteiger partial charge in [0.1, 0.15) is 24.3 Å². The lowest BCUT2D eigenvalue weighted by atomic mass is 10.2. The highest BCUT2D eigenvalue weighted by Crippen LogP contribution is 2.19. The maximum Gasteiger partial charge on any atom is 0.226 e. The van der Waals surface area contributed by atoms with Crippen LogP contribution in [0.3, 0.4) is 0 Å². The van der Waals surface area contributed by atoms with Gasteiger partial charge < -0.3 is 4.42 Å². The SMILES string of the molecule is Fc1ccc(-c2nc(Cn3nnc(-c4ccccc4)n3)co2)cc1. The number of aromatic nitrogens is 5. The minimum absolute atomic E-state index is 0.300. The predicted octanol–water partition coefficient (Wildman–Crippen LogP) is 3.18. The Hall–Kier alpha value is -3.35. The Balaban J connectivity index is 1.52. The van der Waals surface area contributed by atoms with Crippen LogP contribution < -0.4 is 0 Å². The van der Waals surface area contributed by atoms with Crippen LogP contribution in [0.4, 0.5) is 4.39 Å². The molecule has 0 aliphatic rings. The van der Waals surface area contributed by atoms with Crippen LogP contribution in [0, 0.1) is 5.82 Å². The number of nitrogens with zero attached hydrogens (tertiary/aromatic N) is 5. The van der Waals surface area contributed by atoms with Crippen molar-refractivity contribution in [2.24, 2.45) is 0 Å². The van der Waals surface area contributed by atoms with E-state index in [0.29, 0.717) is 29.5 Å². The van der Waals surface area contributed by atoms with E-state index in [1.54, 1.807) is 12.1 Å². The first-order valence-electron chi connectivity index (χ1n) is 7.31. The van der Waals surface area contributed by atoms with Crippen molar-refractivity contribution >= 4 is 0 Å². The number of benzene rings is 2. The molecule has 0 fully saturated rings. The molecule has 0 bridgehead atoms. The summed E-state index contributed by atoms with van der Waals surface area (Å²) in [4.78, 5) is 5.82. The molecular weight excluding hydrogens is 309 g/mol. The zero-order valence-electron chi connectivity index (χ0n) is 12.5. The van der Waals surface area contributed by atoms with E-state index in [1.165, 1.54) is 23.2 Å². The summed E-state index contributed by atoms with van der Waals surface area (Å²) in [7, 11) is 0. The van der Waals surface area contributed by atoms with Gasteiger partial charge in [0.2, 0.25) is 11.7 Å². The predicted molar refractivity (Wildman–Crippen MR) is 84.3 cm³/mol. The summed E-state index contributed by atoms with van der Waals surface area (Å²) < 4.78 is 18.4. The molecule has 4 rings (SSSR count). The van der Waals surface area contributed by atoms with Crippen molar-refractivity contribution in [3.05, 3.63) is 72.4 Å². The van der Waals surface area contributed by atoms with Gasteiger partial charge in [-0.05, 0) is 29.5 Å². The number of tetrazole rings is 1. The highest BCUT2D eigenvalue weighted by atomic mass is 19.1. The van der Waals surface area contributed by atoms with E-state index < -0.39 is 0 Å². The number of hydrogen-bond acceptors (Lipinski definition) is 5. The van der Waals surface area contributed by atoms with Gasteiger partial charge >= 0.3 is 0 Å². The summed E-state index contributed by atoms with van der Waals surface area (Å²) in [5.74, 6) is 0.678. The molecule has 0 unspecified atom stereocenters. The fourth-order valence-electron chi connectivity index (χ4n) is 2.26. The van der Waals surface area contributed by atoms with E-state index >= 15 is 0 Å². The Morgan fingerprint density at radius 2 is 1.75 bits per heavy atom. The fraction of sp³-hybridized carbons (Fsp3) is 0.0588. The molecule has 0 aliphatic carbocycles. The van der Waals surface area contributed by atoms with Crippen LogP contribution >= 0.6 is 0 Å². The van der Waals surface area contributed by atoms with Crippen molar-refractivity contribution in [3.8, 4) is 22.8 Å². The van der Waals surface area contributed by atoms with Gasteiger partial charge in [-0.2, -0.15) is 4.80 Å². The van der Waals surface area contributed by atoms with Crippen molar-refractivity contribution in [2.75, 3.05) is 0 Å². The van der Waals surface area contributed by atoms with Crippen molar-refractivity contribution in [3.63, 3.8) is 0 Å². The molecule has 2 heterocycles. The fourth-order valence-corrected chi connectivity index (χ4v) is 2.26. The van der Waals surface area contributed by atoms with Crippen LogP contribution in [-0.2, 0) is 6.54 Å². The highest BCUT2D eigenvalue weighted by molar-refractivity contribution is 5.53. The molecule has 0 spiro atoms. The van der Waals surface area contributed by atoms with Gasteiger partial charge in [-0.15, -0.1) is 10.2 Å². The van der Waals surface area contributed by atoms with Crippen LogP contribution in [0.2, 0.25) is 0 Å². The molecule has 0 saturated carbocycles. The van der Waals surface area contributed by atoms with E-state index in [4.69, 9.17) is 4.42 Å². The lowest BCUT2D eigenvalue weighted by molar-refractivity contribution is 0.550. The molecule has 4 aromatic rings. The quantitative estimate of drug-likeness (QED) is 0.577. The van der Waals surface area contributed by atoms with Crippen LogP contribution in [0.25, 0.3) is 22.8 Å². The molecule has 7 heteroatoms. The molecular formula is C17H12FN5O. The first kappa shape index (κ1) is 14.3. The summed E-state index contributed by atoms with van der Waals surface area (Å²) in [5.41, 5.74) is 2.27. The van der Waals surface area contributed by atoms with E-state index in [-0.39, 0.29) is 5.82 Å². The minimum Gasteiger partial charge on any atom is -0.444 e. The van der Waals surface area contributed by atoms with Crippen molar-refractivity contribution < 1.29 is 8.81 Å². The molecule has 0 atom stereocenters. The summed E-state index contributed by atoms with van der Waals surface area (Å²) in [6.45, 7) is 0.338. The Kier molecular flexibility index (Phi) is 3.59. The molecule has 0 radical (unpaired) electrons. The van der Waals surface area contributed by atoms with E-state index in [2.05, 4.69) is 20.4 Å². The summed E-state index contributed by atoms with van der Waals surface area (Å²) in [5, 5.41) is 12.4. The van der Waals surface area contributed by atoms with Crippen molar-refractivity contribution in [2.45, 2.75) is 6.54 Å². The molecule has 0 saturated heterocycles. The van der Waals surface area contributed by atoms with Crippen LogP contribution in [-0.4, -0.2) is 25.2 Å². The summed E-state index contributed by atoms with van der Waals surface area (Å²) in [6.07, 6.45) is 1.53. The Labute approximate surface area is 136 Å². The highest BCUT2D eigenvalue weighted by Gasteiger charge is 2.10. The maximum atomic E-state index is 13.0. The third kappa shape index (κ3) is 2.91. The first-order chi connectivity index (χ1) is 11.8. The molecule has 118 valence electrons. The molecule has 0 aliphatic heterocycles. The lowest BCUT2D eigenvalue weighted by Gasteiger charge is -1.95. The summed E-state index contributed by atoms with van der Waals surface area (Å²) >= 11 is 0. The molecule has 2 aromatic heterocycles. The van der Waals surface area contributed by atoms with Gasteiger partial charge in [0.15, 0.2) is 0 Å². The van der Waals surface area contributed by atoms with E-state index in [1.807, 2.05) is 30.3 Å². The third-order valence-corrected chi connectivity index (χ3v) is 3.43. The Bertz CT molecular complexity index is 947. The number of hydrogen-bond donors (Lipinski definition) is 0. The number of oxazole rings is 1. The average Bonchev–Trinajstić information content (AvgIpc) is 3.27. The van der Waals surface area contributed by atoms with E-state index in [0.717, 1.165) is 5.56 Å². The average molecular weight is 321 g/mol. The van der Waals surface area contributed by atoms with Crippen LogP contribution in [0.1, 0.15) is 5.69 Å². The second kappa shape index (κ2) is 6.04. The second-order valence-corrected chi connectivity index (χ2v) is 5.16. The van der Waals surface area contributed by atoms with Crippen molar-refractivity contribution in [1.29, 1.82) is 0 Å². The number of rotatable bonds is 4. The van der Waals surface area contributed by atoms with Gasteiger partial charge in [-0.25, -0.2) is 9.37 Å². The molecule has 2 aromatic carbocycles. The third-order valence-electron chi connectivity index (χ3n) is 3.43. The van der Waals surface area contributed by atoms with Crippen molar-refractivity contribution in [1.82, 2.24) is 25.2 Å². The van der Waals surface area contributed by atoms with Gasteiger partial charge in [-0.3, -0.25) is 0 Å². The zero-order chi connectivity index (χ0) is 16.4. The van der Waals surface area contributed by atoms with Crippen LogP contribution in [0.5, 0.6) is 0 Å². The largest absolute Gasteiger partial charge is 0.444 e. The Morgan fingerprint density at radius 1 is 0.958 bits per heavy atom. The monoisotopic (exact) mass is 321 g/mol. The standard InChI is InChI=1S/C17H12FN5O/c18-14-8-6-13(7-9-14)17-19-15(11-24-17)10-23-21-16(20-22-23)12-4-2-1-3-5-12/h1-9,11H,10H2. The maximum absolute atomic E-state index is 13.0. The molecule has 24 heavy (non-hydrogen) atoms. The smallest absolute Gasteiger partial charge is 0.226 e. The molecule has 0 amide bonds. The normalized spacial score (nSPS) is 10.9. The first-order valence-corrected chi connectivity index (χ1v) is 7.31. The van der Waals surface area contributed by atoms with Gasteiger partial charge in [0.25, 0.3) is 0 Å². The van der Waals surface area contributed by atoms with Gasteiger partial charge in [0.05, 0.1) is 0 Å². The topological polar surface area (TPSA) is 69.6 Å². The zero-order valence-corrected chi connectivity index (χ0v) is 12.5. The van der Waals surface area contributed by atoms with Gasteiger partial charge in [-0.1, -0.05) is 30.3 Å². The minimum atomic E-state index is -0.300. The summed E-state index contributed by atoms with van der Waals surface area (Å²) in [6, 6.07) is 15.6. The second-order valence-electron chi connectivity index (χ2n) is 5.16. The number of halogens is 1. The van der Waals surface area contributed by atoms with E-state index in [9.17, 15) is 4.39 Å². The van der Waals surface area contributed by atoms with Gasteiger partial charge in [0, 0.05) is 11.1 Å². The lowest BCUT2D eigenvalue weighted by Crippen LogP contribution is -2.04. The Morgan fingerprint density at radius 3 is 2.54 bits per heavy atom. The van der Waals surface area contributed by atoms with Crippen LogP contribution in [0.15, 0.2) is 65.3 Å². The molecule has 0 N–H and O–H groups in total. The molecule has 6 nitrogen and oxygen atoms in total.